The van der Waals surface area contributed by atoms with Gasteiger partial charge in [0.1, 0.15) is 0 Å². The first kappa shape index (κ1) is 16.2. The Morgan fingerprint density at radius 3 is 2.71 bits per heavy atom. The number of carbonyl (C=O) groups is 2. The van der Waals surface area contributed by atoms with Crippen molar-refractivity contribution < 1.29 is 9.59 Å². The molecule has 24 heavy (non-hydrogen) atoms. The van der Waals surface area contributed by atoms with Gasteiger partial charge in [0.2, 0.25) is 5.91 Å². The first-order valence-electron chi connectivity index (χ1n) is 8.28. The number of amides is 2. The van der Waals surface area contributed by atoms with Crippen LogP contribution in [-0.2, 0) is 11.3 Å². The molecule has 4 heteroatoms. The summed E-state index contributed by atoms with van der Waals surface area (Å²) in [4.78, 5) is 26.1. The van der Waals surface area contributed by atoms with Crippen LogP contribution >= 0.6 is 0 Å². The van der Waals surface area contributed by atoms with Gasteiger partial charge in [-0.1, -0.05) is 29.8 Å². The highest BCUT2D eigenvalue weighted by Crippen LogP contribution is 2.18. The second-order valence-corrected chi connectivity index (χ2v) is 6.39. The first-order chi connectivity index (χ1) is 11.5. The van der Waals surface area contributed by atoms with Gasteiger partial charge >= 0.3 is 0 Å². The van der Waals surface area contributed by atoms with Crippen LogP contribution < -0.4 is 5.32 Å². The molecule has 1 aliphatic heterocycles. The van der Waals surface area contributed by atoms with E-state index >= 15 is 0 Å². The minimum Gasteiger partial charge on any atom is -0.338 e. The van der Waals surface area contributed by atoms with E-state index in [-0.39, 0.29) is 11.8 Å². The Morgan fingerprint density at radius 2 is 2.00 bits per heavy atom. The Labute approximate surface area is 142 Å². The van der Waals surface area contributed by atoms with Crippen molar-refractivity contribution in [1.29, 1.82) is 0 Å². The Balaban J connectivity index is 1.72. The molecule has 3 rings (SSSR count). The topological polar surface area (TPSA) is 49.4 Å². The van der Waals surface area contributed by atoms with Crippen molar-refractivity contribution in [2.45, 2.75) is 33.2 Å². The molecule has 1 N–H and O–H groups in total. The van der Waals surface area contributed by atoms with E-state index in [1.807, 2.05) is 61.2 Å². The fourth-order valence-electron chi connectivity index (χ4n) is 3.11. The molecule has 124 valence electrons. The fourth-order valence-corrected chi connectivity index (χ4v) is 3.11. The average molecular weight is 322 g/mol. The average Bonchev–Trinajstić information content (AvgIpc) is 2.92. The molecule has 1 saturated heterocycles. The van der Waals surface area contributed by atoms with E-state index in [0.29, 0.717) is 18.5 Å². The molecule has 1 fully saturated rings. The molecule has 0 spiro atoms. The second-order valence-electron chi connectivity index (χ2n) is 6.39. The number of hydrogen-bond acceptors (Lipinski definition) is 2. The van der Waals surface area contributed by atoms with Crippen molar-refractivity contribution in [2.75, 3.05) is 11.9 Å². The van der Waals surface area contributed by atoms with Gasteiger partial charge in [-0.3, -0.25) is 9.59 Å². The number of carbonyl (C=O) groups excluding carboxylic acids is 2. The van der Waals surface area contributed by atoms with E-state index in [9.17, 15) is 9.59 Å². The lowest BCUT2D eigenvalue weighted by Crippen LogP contribution is -2.23. The molecule has 1 heterocycles. The molecule has 0 atom stereocenters. The summed E-state index contributed by atoms with van der Waals surface area (Å²) in [5.74, 6) is 0.0987. The highest BCUT2D eigenvalue weighted by atomic mass is 16.2. The van der Waals surface area contributed by atoms with Crippen molar-refractivity contribution in [1.82, 2.24) is 4.90 Å². The molecule has 0 aromatic heterocycles. The van der Waals surface area contributed by atoms with Crippen LogP contribution in [-0.4, -0.2) is 23.3 Å². The van der Waals surface area contributed by atoms with Crippen LogP contribution in [0.4, 0.5) is 5.69 Å². The summed E-state index contributed by atoms with van der Waals surface area (Å²) in [6, 6.07) is 13.5. The molecule has 4 nitrogen and oxygen atoms in total. The van der Waals surface area contributed by atoms with Gasteiger partial charge in [-0.05, 0) is 49.6 Å². The van der Waals surface area contributed by atoms with Gasteiger partial charge in [0.15, 0.2) is 0 Å². The molecule has 2 aromatic rings. The molecule has 2 amide bonds. The van der Waals surface area contributed by atoms with E-state index in [1.165, 1.54) is 0 Å². The Bertz CT molecular complexity index is 783. The summed E-state index contributed by atoms with van der Waals surface area (Å²) in [6.45, 7) is 5.37. The molecule has 0 bridgehead atoms. The predicted octanol–water partition coefficient (Wildman–Crippen LogP) is 3.68. The zero-order valence-corrected chi connectivity index (χ0v) is 14.1. The third-order valence-corrected chi connectivity index (χ3v) is 4.36. The van der Waals surface area contributed by atoms with Crippen molar-refractivity contribution >= 4 is 17.5 Å². The lowest BCUT2D eigenvalue weighted by molar-refractivity contribution is -0.128. The summed E-state index contributed by atoms with van der Waals surface area (Å²) in [5, 5.41) is 2.95. The fraction of sp³-hybridized carbons (Fsp3) is 0.300. The normalized spacial score (nSPS) is 14.1. The van der Waals surface area contributed by atoms with Gasteiger partial charge in [0.05, 0.1) is 0 Å². The minimum atomic E-state index is -0.109. The zero-order valence-electron chi connectivity index (χ0n) is 14.1. The Morgan fingerprint density at radius 1 is 1.17 bits per heavy atom. The van der Waals surface area contributed by atoms with Crippen molar-refractivity contribution in [3.63, 3.8) is 0 Å². The number of hydrogen-bond donors (Lipinski definition) is 1. The number of anilines is 1. The Hall–Kier alpha value is -2.62. The quantitative estimate of drug-likeness (QED) is 0.933. The lowest BCUT2D eigenvalue weighted by atomic mass is 10.1. The van der Waals surface area contributed by atoms with Gasteiger partial charge in [-0.15, -0.1) is 0 Å². The van der Waals surface area contributed by atoms with Crippen LogP contribution in [0.2, 0.25) is 0 Å². The van der Waals surface area contributed by atoms with Gasteiger partial charge in [0, 0.05) is 30.8 Å². The number of likely N-dealkylation sites (tertiary alicyclic amines) is 1. The zero-order chi connectivity index (χ0) is 17.1. The van der Waals surface area contributed by atoms with Crippen molar-refractivity contribution in [3.8, 4) is 0 Å². The summed E-state index contributed by atoms with van der Waals surface area (Å²) in [6.07, 6.45) is 1.57. The molecule has 0 radical (unpaired) electrons. The van der Waals surface area contributed by atoms with Crippen LogP contribution in [0.3, 0.4) is 0 Å². The Kier molecular flexibility index (Phi) is 4.65. The minimum absolute atomic E-state index is 0.109. The molecule has 0 saturated carbocycles. The van der Waals surface area contributed by atoms with Gasteiger partial charge < -0.3 is 10.2 Å². The van der Waals surface area contributed by atoms with Gasteiger partial charge in [0.25, 0.3) is 5.91 Å². The van der Waals surface area contributed by atoms with E-state index in [4.69, 9.17) is 0 Å². The number of aryl methyl sites for hydroxylation is 2. The highest BCUT2D eigenvalue weighted by molar-refractivity contribution is 6.05. The number of nitrogens with zero attached hydrogens (tertiary/aromatic N) is 1. The number of rotatable bonds is 4. The summed E-state index contributed by atoms with van der Waals surface area (Å²) in [5.41, 5.74) is 4.57. The SMILES string of the molecule is Cc1ccc(C(=O)Nc2cccc(CN3CCCC3=O)c2)c(C)c1. The first-order valence-corrected chi connectivity index (χ1v) is 8.28. The molecule has 0 aliphatic carbocycles. The van der Waals surface area contributed by atoms with Crippen LogP contribution in [0.5, 0.6) is 0 Å². The van der Waals surface area contributed by atoms with Crippen LogP contribution in [0.1, 0.15) is 39.9 Å². The molecular weight excluding hydrogens is 300 g/mol. The summed E-state index contributed by atoms with van der Waals surface area (Å²) >= 11 is 0. The van der Waals surface area contributed by atoms with E-state index in [1.54, 1.807) is 0 Å². The van der Waals surface area contributed by atoms with Crippen LogP contribution in [0, 0.1) is 13.8 Å². The smallest absolute Gasteiger partial charge is 0.255 e. The number of benzene rings is 2. The third-order valence-electron chi connectivity index (χ3n) is 4.36. The molecule has 1 aliphatic rings. The molecule has 0 unspecified atom stereocenters. The monoisotopic (exact) mass is 322 g/mol. The van der Waals surface area contributed by atoms with E-state index in [2.05, 4.69) is 5.32 Å². The largest absolute Gasteiger partial charge is 0.338 e. The van der Waals surface area contributed by atoms with Crippen LogP contribution in [0.25, 0.3) is 0 Å². The van der Waals surface area contributed by atoms with Gasteiger partial charge in [-0.2, -0.15) is 0 Å². The second kappa shape index (κ2) is 6.87. The maximum absolute atomic E-state index is 12.5. The summed E-state index contributed by atoms with van der Waals surface area (Å²) < 4.78 is 0. The third kappa shape index (κ3) is 3.65. The lowest BCUT2D eigenvalue weighted by Gasteiger charge is -2.16. The molecule has 2 aromatic carbocycles. The van der Waals surface area contributed by atoms with Gasteiger partial charge in [-0.25, -0.2) is 0 Å². The predicted molar refractivity (Wildman–Crippen MR) is 95.0 cm³/mol. The van der Waals surface area contributed by atoms with Crippen LogP contribution in [0.15, 0.2) is 42.5 Å². The highest BCUT2D eigenvalue weighted by Gasteiger charge is 2.20. The van der Waals surface area contributed by atoms with E-state index < -0.39 is 0 Å². The maximum atomic E-state index is 12.5. The molecular formula is C20H22N2O2. The van der Waals surface area contributed by atoms with Crippen molar-refractivity contribution in [2.24, 2.45) is 0 Å². The summed E-state index contributed by atoms with van der Waals surface area (Å²) in [7, 11) is 0. The standard InChI is InChI=1S/C20H22N2O2/c1-14-8-9-18(15(2)11-14)20(24)21-17-6-3-5-16(12-17)13-22-10-4-7-19(22)23/h3,5-6,8-9,11-12H,4,7,10,13H2,1-2H3,(H,21,24). The van der Waals surface area contributed by atoms with E-state index in [0.717, 1.165) is 35.3 Å². The van der Waals surface area contributed by atoms with Crippen molar-refractivity contribution in [3.05, 3.63) is 64.7 Å². The number of nitrogens with one attached hydrogen (secondary N) is 1. The maximum Gasteiger partial charge on any atom is 0.255 e.